The second-order valence-corrected chi connectivity index (χ2v) is 7.60. The number of carbonyl (C=O) groups is 1. The molecule has 0 radical (unpaired) electrons. The molecule has 1 N–H and O–H groups in total. The SMILES string of the molecule is COc1ccc(CCNC(=O)c2ccc(OCc3csc(C)n3)cc2)cc1OC(F)F. The Bertz CT molecular complexity index is 1010. The number of benzene rings is 2. The van der Waals surface area contributed by atoms with Crippen LogP contribution in [0, 0.1) is 6.92 Å². The van der Waals surface area contributed by atoms with Gasteiger partial charge in [-0.25, -0.2) is 4.98 Å². The fourth-order valence-corrected chi connectivity index (χ4v) is 3.42. The summed E-state index contributed by atoms with van der Waals surface area (Å²) in [4.78, 5) is 16.7. The number of nitrogens with one attached hydrogen (secondary N) is 1. The van der Waals surface area contributed by atoms with E-state index in [0.29, 0.717) is 30.9 Å². The van der Waals surface area contributed by atoms with Crippen LogP contribution in [0.5, 0.6) is 17.2 Å². The van der Waals surface area contributed by atoms with Crippen molar-refractivity contribution in [2.75, 3.05) is 13.7 Å². The molecule has 2 aromatic carbocycles. The lowest BCUT2D eigenvalue weighted by Gasteiger charge is -2.12. The van der Waals surface area contributed by atoms with Gasteiger partial charge in [-0.3, -0.25) is 4.79 Å². The maximum atomic E-state index is 12.5. The predicted octanol–water partition coefficient (Wildman–Crippen LogP) is 4.61. The second-order valence-electron chi connectivity index (χ2n) is 6.54. The van der Waals surface area contributed by atoms with Gasteiger partial charge in [0.25, 0.3) is 5.91 Å². The molecule has 0 spiro atoms. The molecule has 0 saturated carbocycles. The van der Waals surface area contributed by atoms with Crippen molar-refractivity contribution in [3.8, 4) is 17.2 Å². The maximum absolute atomic E-state index is 12.5. The number of aryl methyl sites for hydroxylation is 1. The average Bonchev–Trinajstić information content (AvgIpc) is 3.17. The molecule has 0 bridgehead atoms. The molecule has 0 aliphatic carbocycles. The van der Waals surface area contributed by atoms with Crippen LogP contribution >= 0.6 is 11.3 Å². The van der Waals surface area contributed by atoms with Crippen LogP contribution in [0.4, 0.5) is 8.78 Å². The van der Waals surface area contributed by atoms with Gasteiger partial charge in [0.1, 0.15) is 12.4 Å². The van der Waals surface area contributed by atoms with E-state index in [1.807, 2.05) is 12.3 Å². The molecule has 3 aromatic rings. The number of hydrogen-bond acceptors (Lipinski definition) is 6. The Morgan fingerprint density at radius 1 is 1.16 bits per heavy atom. The van der Waals surface area contributed by atoms with Crippen molar-refractivity contribution in [1.29, 1.82) is 0 Å². The molecule has 0 unspecified atom stereocenters. The Labute approximate surface area is 182 Å². The molecular formula is C22H22F2N2O4S. The van der Waals surface area contributed by atoms with E-state index in [4.69, 9.17) is 9.47 Å². The number of methoxy groups -OCH3 is 1. The Morgan fingerprint density at radius 3 is 2.58 bits per heavy atom. The van der Waals surface area contributed by atoms with Crippen LogP contribution in [0.15, 0.2) is 47.8 Å². The molecule has 0 aliphatic heterocycles. The number of amides is 1. The summed E-state index contributed by atoms with van der Waals surface area (Å²) in [6.07, 6.45) is 0.448. The first-order valence-corrected chi connectivity index (χ1v) is 10.4. The van der Waals surface area contributed by atoms with Crippen LogP contribution in [0.1, 0.15) is 26.6 Å². The minimum atomic E-state index is -2.94. The van der Waals surface area contributed by atoms with E-state index in [-0.39, 0.29) is 17.4 Å². The van der Waals surface area contributed by atoms with Crippen LogP contribution in [0.25, 0.3) is 0 Å². The fraction of sp³-hybridized carbons (Fsp3) is 0.273. The zero-order valence-corrected chi connectivity index (χ0v) is 17.9. The van der Waals surface area contributed by atoms with Gasteiger partial charge < -0.3 is 19.5 Å². The number of carbonyl (C=O) groups excluding carboxylic acids is 1. The smallest absolute Gasteiger partial charge is 0.387 e. The van der Waals surface area contributed by atoms with E-state index in [9.17, 15) is 13.6 Å². The first-order valence-electron chi connectivity index (χ1n) is 9.48. The molecule has 6 nitrogen and oxygen atoms in total. The first kappa shape index (κ1) is 22.5. The third-order valence-electron chi connectivity index (χ3n) is 4.31. The number of halogens is 2. The minimum Gasteiger partial charge on any atom is -0.493 e. The summed E-state index contributed by atoms with van der Waals surface area (Å²) in [6, 6.07) is 11.6. The van der Waals surface area contributed by atoms with Crippen molar-refractivity contribution >= 4 is 17.2 Å². The molecule has 1 amide bonds. The van der Waals surface area contributed by atoms with E-state index >= 15 is 0 Å². The number of hydrogen-bond donors (Lipinski definition) is 1. The molecule has 0 atom stereocenters. The topological polar surface area (TPSA) is 69.7 Å². The van der Waals surface area contributed by atoms with Crippen molar-refractivity contribution in [2.45, 2.75) is 26.6 Å². The Balaban J connectivity index is 1.49. The lowest BCUT2D eigenvalue weighted by Crippen LogP contribution is -2.25. The summed E-state index contributed by atoms with van der Waals surface area (Å²) in [5, 5.41) is 5.74. The molecule has 1 heterocycles. The summed E-state index contributed by atoms with van der Waals surface area (Å²) in [7, 11) is 1.38. The normalized spacial score (nSPS) is 10.7. The molecule has 3 rings (SSSR count). The van der Waals surface area contributed by atoms with Gasteiger partial charge >= 0.3 is 6.61 Å². The van der Waals surface area contributed by atoms with E-state index in [1.54, 1.807) is 47.7 Å². The standard InChI is InChI=1S/C22H22F2N2O4S/c1-14-26-17(13-31-14)12-29-18-6-4-16(5-7-18)21(27)25-10-9-15-3-8-19(28-2)20(11-15)30-22(23)24/h3-8,11,13,22H,9-10,12H2,1-2H3,(H,25,27). The molecular weight excluding hydrogens is 426 g/mol. The van der Waals surface area contributed by atoms with Crippen LogP contribution in [0.3, 0.4) is 0 Å². The maximum Gasteiger partial charge on any atom is 0.387 e. The quantitative estimate of drug-likeness (QED) is 0.490. The number of rotatable bonds is 10. The summed E-state index contributed by atoms with van der Waals surface area (Å²) in [5.41, 5.74) is 2.09. The Hall–Kier alpha value is -3.20. The van der Waals surface area contributed by atoms with Gasteiger partial charge in [-0.1, -0.05) is 6.07 Å². The highest BCUT2D eigenvalue weighted by molar-refractivity contribution is 7.09. The van der Waals surface area contributed by atoms with Gasteiger partial charge in [0.15, 0.2) is 11.5 Å². The fourth-order valence-electron chi connectivity index (χ4n) is 2.82. The minimum absolute atomic E-state index is 0.0373. The van der Waals surface area contributed by atoms with E-state index in [2.05, 4.69) is 15.0 Å². The van der Waals surface area contributed by atoms with Crippen molar-refractivity contribution in [3.63, 3.8) is 0 Å². The predicted molar refractivity (Wildman–Crippen MR) is 113 cm³/mol. The molecule has 31 heavy (non-hydrogen) atoms. The molecule has 164 valence electrons. The van der Waals surface area contributed by atoms with Crippen LogP contribution in [0.2, 0.25) is 0 Å². The molecule has 0 aliphatic rings. The average molecular weight is 448 g/mol. The number of nitrogens with zero attached hydrogens (tertiary/aromatic N) is 1. The highest BCUT2D eigenvalue weighted by Gasteiger charge is 2.12. The van der Waals surface area contributed by atoms with Crippen molar-refractivity contribution < 1.29 is 27.8 Å². The molecule has 0 saturated heterocycles. The van der Waals surface area contributed by atoms with Gasteiger partial charge in [-0.05, 0) is 55.3 Å². The van der Waals surface area contributed by atoms with E-state index in [1.165, 1.54) is 13.2 Å². The summed E-state index contributed by atoms with van der Waals surface area (Å²) < 4.78 is 40.2. The highest BCUT2D eigenvalue weighted by atomic mass is 32.1. The van der Waals surface area contributed by atoms with Gasteiger partial charge in [0.05, 0.1) is 17.8 Å². The third kappa shape index (κ3) is 6.65. The highest BCUT2D eigenvalue weighted by Crippen LogP contribution is 2.29. The summed E-state index contributed by atoms with van der Waals surface area (Å²) >= 11 is 1.57. The van der Waals surface area contributed by atoms with Gasteiger partial charge in [-0.2, -0.15) is 8.78 Å². The largest absolute Gasteiger partial charge is 0.493 e. The van der Waals surface area contributed by atoms with Gasteiger partial charge in [-0.15, -0.1) is 11.3 Å². The summed E-state index contributed by atoms with van der Waals surface area (Å²) in [5.74, 6) is 0.594. The van der Waals surface area contributed by atoms with Crippen molar-refractivity contribution in [1.82, 2.24) is 10.3 Å². The Morgan fingerprint density at radius 2 is 1.94 bits per heavy atom. The van der Waals surface area contributed by atoms with Crippen molar-refractivity contribution in [2.24, 2.45) is 0 Å². The molecule has 9 heteroatoms. The number of ether oxygens (including phenoxy) is 3. The lowest BCUT2D eigenvalue weighted by molar-refractivity contribution is -0.0512. The monoisotopic (exact) mass is 448 g/mol. The Kier molecular flexibility index (Phi) is 7.77. The lowest BCUT2D eigenvalue weighted by atomic mass is 10.1. The number of thiazole rings is 1. The second kappa shape index (κ2) is 10.7. The number of aromatic nitrogens is 1. The summed E-state index contributed by atoms with van der Waals surface area (Å²) in [6.45, 7) is -0.302. The van der Waals surface area contributed by atoms with Gasteiger partial charge in [0.2, 0.25) is 0 Å². The van der Waals surface area contributed by atoms with Crippen LogP contribution < -0.4 is 19.5 Å². The zero-order valence-electron chi connectivity index (χ0n) is 17.1. The van der Waals surface area contributed by atoms with Crippen LogP contribution in [-0.4, -0.2) is 31.2 Å². The van der Waals surface area contributed by atoms with Crippen molar-refractivity contribution in [3.05, 3.63) is 69.7 Å². The molecule has 1 aromatic heterocycles. The number of alkyl halides is 2. The van der Waals surface area contributed by atoms with Gasteiger partial charge in [0, 0.05) is 17.5 Å². The van der Waals surface area contributed by atoms with E-state index < -0.39 is 6.61 Å². The first-order chi connectivity index (χ1) is 14.9. The molecule has 0 fully saturated rings. The third-order valence-corrected chi connectivity index (χ3v) is 5.14. The van der Waals surface area contributed by atoms with Crippen LogP contribution in [-0.2, 0) is 13.0 Å². The van der Waals surface area contributed by atoms with E-state index in [0.717, 1.165) is 16.3 Å². The zero-order chi connectivity index (χ0) is 22.2.